The molecule has 1 aromatic heterocycles. The molecule has 0 saturated heterocycles. The molecule has 1 heterocycles. The fourth-order valence-electron chi connectivity index (χ4n) is 3.25. The van der Waals surface area contributed by atoms with Gasteiger partial charge in [0.05, 0.1) is 10.7 Å². The largest absolute Gasteiger partial charge is 0.481 e. The normalized spacial score (nSPS) is 21.1. The van der Waals surface area contributed by atoms with Crippen molar-refractivity contribution < 1.29 is 23.0 Å². The summed E-state index contributed by atoms with van der Waals surface area (Å²) in [6.07, 6.45) is 4.73. The minimum Gasteiger partial charge on any atom is -0.481 e. The molecule has 2 fully saturated rings. The van der Waals surface area contributed by atoms with Gasteiger partial charge in [0.15, 0.2) is 17.4 Å². The van der Waals surface area contributed by atoms with E-state index in [0.717, 1.165) is 11.4 Å². The van der Waals surface area contributed by atoms with Crippen molar-refractivity contribution >= 4 is 18.2 Å². The molecule has 4 rings (SSSR count). The molecular formula is C21H21F2NO3S. The van der Waals surface area contributed by atoms with E-state index in [4.69, 9.17) is 9.47 Å². The van der Waals surface area contributed by atoms with Crippen molar-refractivity contribution in [3.8, 4) is 5.75 Å². The average Bonchev–Trinajstić information content (AvgIpc) is 3.35. The number of benzene rings is 1. The molecule has 0 spiro atoms. The standard InChI is InChI=1S/C21H21F2NO3S/c22-17-8-13(7-14-10-19(14)27-12-25)9-18(23)21(17)26-11-15-3-1-6-20(24-15)28-16-4-2-5-16/h1,3,6,8-9,12,14,16,19H,2,4-5,7,10-11H2. The Morgan fingerprint density at radius 1 is 1.21 bits per heavy atom. The van der Waals surface area contributed by atoms with Crippen LogP contribution < -0.4 is 4.74 Å². The van der Waals surface area contributed by atoms with Gasteiger partial charge in [0, 0.05) is 11.2 Å². The molecule has 2 aromatic rings. The van der Waals surface area contributed by atoms with Crippen LogP contribution in [0.5, 0.6) is 5.75 Å². The van der Waals surface area contributed by atoms with Gasteiger partial charge in [-0.1, -0.05) is 12.5 Å². The maximum atomic E-state index is 14.4. The van der Waals surface area contributed by atoms with E-state index in [0.29, 0.717) is 29.4 Å². The van der Waals surface area contributed by atoms with Gasteiger partial charge in [-0.2, -0.15) is 0 Å². The van der Waals surface area contributed by atoms with Crippen molar-refractivity contribution in [1.29, 1.82) is 0 Å². The number of aromatic nitrogens is 1. The number of thioether (sulfide) groups is 1. The van der Waals surface area contributed by atoms with Crippen molar-refractivity contribution in [2.45, 2.75) is 55.1 Å². The highest BCUT2D eigenvalue weighted by molar-refractivity contribution is 7.99. The van der Waals surface area contributed by atoms with Crippen LogP contribution in [0.1, 0.15) is 36.9 Å². The molecular weight excluding hydrogens is 384 g/mol. The van der Waals surface area contributed by atoms with Crippen molar-refractivity contribution in [3.63, 3.8) is 0 Å². The predicted octanol–water partition coefficient (Wildman–Crippen LogP) is 4.69. The molecule has 28 heavy (non-hydrogen) atoms. The first-order chi connectivity index (χ1) is 13.6. The first-order valence-electron chi connectivity index (χ1n) is 9.45. The Kier molecular flexibility index (Phi) is 5.80. The maximum absolute atomic E-state index is 14.4. The molecule has 0 radical (unpaired) electrons. The maximum Gasteiger partial charge on any atom is 0.293 e. The molecule has 2 aliphatic carbocycles. The number of halogens is 2. The lowest BCUT2D eigenvalue weighted by Gasteiger charge is -2.24. The second-order valence-electron chi connectivity index (χ2n) is 7.29. The number of rotatable bonds is 9. The fourth-order valence-corrected chi connectivity index (χ4v) is 4.49. The fraction of sp³-hybridized carbons (Fsp3) is 0.429. The quantitative estimate of drug-likeness (QED) is 0.567. The Labute approximate surface area is 166 Å². The van der Waals surface area contributed by atoms with Gasteiger partial charge in [0.25, 0.3) is 6.47 Å². The zero-order chi connectivity index (χ0) is 19.5. The van der Waals surface area contributed by atoms with Crippen LogP contribution in [0.2, 0.25) is 0 Å². The van der Waals surface area contributed by atoms with Gasteiger partial charge in [0.1, 0.15) is 12.7 Å². The molecule has 4 nitrogen and oxygen atoms in total. The summed E-state index contributed by atoms with van der Waals surface area (Å²) in [6, 6.07) is 8.18. The Balaban J connectivity index is 1.36. The molecule has 7 heteroatoms. The topological polar surface area (TPSA) is 48.4 Å². The number of hydrogen-bond acceptors (Lipinski definition) is 5. The minimum absolute atomic E-state index is 0.00409. The van der Waals surface area contributed by atoms with Crippen LogP contribution in [0.4, 0.5) is 8.78 Å². The molecule has 2 atom stereocenters. The second-order valence-corrected chi connectivity index (χ2v) is 8.61. The minimum atomic E-state index is -0.733. The van der Waals surface area contributed by atoms with E-state index in [1.54, 1.807) is 17.8 Å². The summed E-state index contributed by atoms with van der Waals surface area (Å²) in [5, 5.41) is 1.53. The molecule has 0 aliphatic heterocycles. The van der Waals surface area contributed by atoms with Gasteiger partial charge < -0.3 is 9.47 Å². The Morgan fingerprint density at radius 2 is 2.00 bits per heavy atom. The zero-order valence-corrected chi connectivity index (χ0v) is 16.1. The van der Waals surface area contributed by atoms with E-state index < -0.39 is 11.6 Å². The number of pyridine rings is 1. The van der Waals surface area contributed by atoms with Crippen LogP contribution >= 0.6 is 11.8 Å². The van der Waals surface area contributed by atoms with E-state index in [2.05, 4.69) is 4.98 Å². The van der Waals surface area contributed by atoms with Gasteiger partial charge in [-0.05, 0) is 55.5 Å². The molecule has 0 amide bonds. The second kappa shape index (κ2) is 8.47. The molecule has 148 valence electrons. The van der Waals surface area contributed by atoms with Crippen LogP contribution in [0.25, 0.3) is 0 Å². The van der Waals surface area contributed by atoms with Crippen molar-refractivity contribution in [2.75, 3.05) is 0 Å². The molecule has 0 N–H and O–H groups in total. The third-order valence-electron chi connectivity index (χ3n) is 5.13. The smallest absolute Gasteiger partial charge is 0.293 e. The molecule has 2 saturated carbocycles. The van der Waals surface area contributed by atoms with E-state index in [9.17, 15) is 13.6 Å². The lowest BCUT2D eigenvalue weighted by molar-refractivity contribution is -0.130. The van der Waals surface area contributed by atoms with E-state index in [1.807, 2.05) is 12.1 Å². The first-order valence-corrected chi connectivity index (χ1v) is 10.3. The van der Waals surface area contributed by atoms with Gasteiger partial charge in [-0.25, -0.2) is 13.8 Å². The summed E-state index contributed by atoms with van der Waals surface area (Å²) in [6.45, 7) is 0.417. The third kappa shape index (κ3) is 4.63. The highest BCUT2D eigenvalue weighted by Gasteiger charge is 2.39. The summed E-state index contributed by atoms with van der Waals surface area (Å²) < 4.78 is 39.0. The van der Waals surface area contributed by atoms with Crippen LogP contribution in [-0.2, 0) is 22.6 Å². The van der Waals surface area contributed by atoms with E-state index >= 15 is 0 Å². The van der Waals surface area contributed by atoms with Gasteiger partial charge in [-0.15, -0.1) is 11.8 Å². The predicted molar refractivity (Wildman–Crippen MR) is 101 cm³/mol. The van der Waals surface area contributed by atoms with Crippen molar-refractivity contribution in [3.05, 3.63) is 53.2 Å². The number of nitrogens with zero attached hydrogens (tertiary/aromatic N) is 1. The van der Waals surface area contributed by atoms with Crippen LogP contribution in [-0.4, -0.2) is 22.8 Å². The summed E-state index contributed by atoms with van der Waals surface area (Å²) in [4.78, 5) is 14.8. The number of ether oxygens (including phenoxy) is 2. The Hall–Kier alpha value is -2.15. The Morgan fingerprint density at radius 3 is 2.68 bits per heavy atom. The lowest BCUT2D eigenvalue weighted by atomic mass is 10.0. The van der Waals surface area contributed by atoms with Crippen molar-refractivity contribution in [1.82, 2.24) is 4.98 Å². The summed E-state index contributed by atoms with van der Waals surface area (Å²) in [7, 11) is 0. The molecule has 2 aliphatic rings. The summed E-state index contributed by atoms with van der Waals surface area (Å²) >= 11 is 1.74. The SMILES string of the molecule is O=COC1CC1Cc1cc(F)c(OCc2cccc(SC3CCC3)n2)c(F)c1. The summed E-state index contributed by atoms with van der Waals surface area (Å²) in [5.41, 5.74) is 1.17. The van der Waals surface area contributed by atoms with Crippen LogP contribution in [0.3, 0.4) is 0 Å². The molecule has 1 aromatic carbocycles. The number of carbonyl (C=O) groups is 1. The number of carbonyl (C=O) groups excluding carboxylic acids is 1. The first kappa shape index (κ1) is 19.2. The number of hydrogen-bond donors (Lipinski definition) is 0. The van der Waals surface area contributed by atoms with Gasteiger partial charge in [-0.3, -0.25) is 4.79 Å². The van der Waals surface area contributed by atoms with Crippen molar-refractivity contribution in [2.24, 2.45) is 5.92 Å². The third-order valence-corrected chi connectivity index (χ3v) is 6.40. The monoisotopic (exact) mass is 405 g/mol. The molecule has 2 unspecified atom stereocenters. The highest BCUT2D eigenvalue weighted by atomic mass is 32.2. The van der Waals surface area contributed by atoms with Gasteiger partial charge in [0.2, 0.25) is 0 Å². The average molecular weight is 405 g/mol. The highest BCUT2D eigenvalue weighted by Crippen LogP contribution is 2.37. The lowest BCUT2D eigenvalue weighted by Crippen LogP contribution is -2.13. The van der Waals surface area contributed by atoms with Crippen LogP contribution in [0.15, 0.2) is 35.4 Å². The van der Waals surface area contributed by atoms with Gasteiger partial charge >= 0.3 is 0 Å². The Bertz CT molecular complexity index is 836. The van der Waals surface area contributed by atoms with E-state index in [1.165, 1.54) is 31.4 Å². The molecule has 0 bridgehead atoms. The van der Waals surface area contributed by atoms with Crippen LogP contribution in [0, 0.1) is 17.6 Å². The van der Waals surface area contributed by atoms with E-state index in [-0.39, 0.29) is 24.4 Å². The summed E-state index contributed by atoms with van der Waals surface area (Å²) in [5.74, 6) is -1.73. The zero-order valence-electron chi connectivity index (χ0n) is 15.3.